The summed E-state index contributed by atoms with van der Waals surface area (Å²) in [6.45, 7) is 2.64. The normalized spacial score (nSPS) is 26.0. The van der Waals surface area contributed by atoms with E-state index in [1.165, 1.54) is 28.9 Å². The van der Waals surface area contributed by atoms with E-state index < -0.39 is 6.04 Å². The van der Waals surface area contributed by atoms with Crippen LogP contribution < -0.4 is 5.32 Å². The lowest BCUT2D eigenvalue weighted by molar-refractivity contribution is -0.136. The summed E-state index contributed by atoms with van der Waals surface area (Å²) in [7, 11) is 0. The highest BCUT2D eigenvalue weighted by molar-refractivity contribution is 7.99. The third-order valence-electron chi connectivity index (χ3n) is 9.11. The lowest BCUT2D eigenvalue weighted by atomic mass is 9.59. The van der Waals surface area contributed by atoms with Crippen molar-refractivity contribution < 1.29 is 14.4 Å². The van der Waals surface area contributed by atoms with Crippen LogP contribution in [-0.4, -0.2) is 52.4 Å². The number of hydrogen-bond acceptors (Lipinski definition) is 5. The molecule has 8 rings (SSSR count). The molecule has 1 unspecified atom stereocenters. The van der Waals surface area contributed by atoms with E-state index in [2.05, 4.69) is 83.0 Å². The fourth-order valence-electron chi connectivity index (χ4n) is 7.37. The van der Waals surface area contributed by atoms with Crippen molar-refractivity contribution in [3.8, 4) is 0 Å². The van der Waals surface area contributed by atoms with Crippen molar-refractivity contribution in [3.05, 3.63) is 101 Å². The van der Waals surface area contributed by atoms with Gasteiger partial charge in [-0.2, -0.15) is 0 Å². The van der Waals surface area contributed by atoms with Gasteiger partial charge in [-0.15, -0.1) is 11.8 Å². The molecule has 4 fully saturated rings. The summed E-state index contributed by atoms with van der Waals surface area (Å²) < 4.78 is 0. The minimum Gasteiger partial charge on any atom is -0.322 e. The number of nitrogens with one attached hydrogen (secondary N) is 1. The molecule has 0 aromatic heterocycles. The molecule has 3 saturated heterocycles. The second-order valence-corrected chi connectivity index (χ2v) is 13.0. The molecule has 3 aromatic carbocycles. The van der Waals surface area contributed by atoms with Crippen LogP contribution in [-0.2, 0) is 16.1 Å². The molecule has 6 nitrogen and oxygen atoms in total. The molecule has 4 heterocycles. The molecule has 1 saturated carbocycles. The number of piperidine rings is 3. The number of nitrogens with zero attached hydrogens (tertiary/aromatic N) is 2. The van der Waals surface area contributed by atoms with Gasteiger partial charge in [-0.3, -0.25) is 24.6 Å². The van der Waals surface area contributed by atoms with Crippen molar-refractivity contribution in [1.82, 2.24) is 15.1 Å². The minimum atomic E-state index is -0.574. The Hall–Kier alpha value is -3.42. The Labute approximate surface area is 239 Å². The number of imide groups is 1. The zero-order chi connectivity index (χ0) is 27.3. The van der Waals surface area contributed by atoms with Gasteiger partial charge in [-0.1, -0.05) is 60.7 Å². The lowest BCUT2D eigenvalue weighted by Gasteiger charge is -2.58. The number of carbonyl (C=O) groups excluding carboxylic acids is 3. The minimum absolute atomic E-state index is 0.114. The van der Waals surface area contributed by atoms with Crippen molar-refractivity contribution in [2.75, 3.05) is 18.8 Å². The van der Waals surface area contributed by atoms with Crippen molar-refractivity contribution in [2.45, 2.75) is 49.2 Å². The van der Waals surface area contributed by atoms with Gasteiger partial charge in [0.2, 0.25) is 11.8 Å². The van der Waals surface area contributed by atoms with Gasteiger partial charge in [-0.05, 0) is 65.5 Å². The fourth-order valence-corrected chi connectivity index (χ4v) is 8.56. The van der Waals surface area contributed by atoms with Gasteiger partial charge in [0.1, 0.15) is 6.04 Å². The topological polar surface area (TPSA) is 69.7 Å². The van der Waals surface area contributed by atoms with Crippen molar-refractivity contribution in [2.24, 2.45) is 11.3 Å². The number of carbonyl (C=O) groups is 3. The van der Waals surface area contributed by atoms with Crippen molar-refractivity contribution in [3.63, 3.8) is 0 Å². The summed E-state index contributed by atoms with van der Waals surface area (Å²) in [5.74, 6) is 1.06. The molecule has 4 aliphatic heterocycles. The fraction of sp³-hybridized carbons (Fsp3) is 0.364. The number of amides is 3. The van der Waals surface area contributed by atoms with Crippen LogP contribution in [0.4, 0.5) is 0 Å². The van der Waals surface area contributed by atoms with Gasteiger partial charge in [0.15, 0.2) is 0 Å². The summed E-state index contributed by atoms with van der Waals surface area (Å²) in [5, 5.41) is 2.38. The van der Waals surface area contributed by atoms with Gasteiger partial charge in [0, 0.05) is 42.3 Å². The molecule has 0 spiro atoms. The third-order valence-corrected chi connectivity index (χ3v) is 10.5. The smallest absolute Gasteiger partial charge is 0.255 e. The molecule has 1 atom stereocenters. The van der Waals surface area contributed by atoms with Crippen LogP contribution in [0.5, 0.6) is 0 Å². The first-order valence-corrected chi connectivity index (χ1v) is 15.2. The van der Waals surface area contributed by atoms with Gasteiger partial charge >= 0.3 is 0 Å². The molecule has 1 aliphatic carbocycles. The quantitative estimate of drug-likeness (QED) is 0.329. The van der Waals surface area contributed by atoms with Gasteiger partial charge < -0.3 is 4.90 Å². The molecule has 2 bridgehead atoms. The van der Waals surface area contributed by atoms with E-state index in [4.69, 9.17) is 0 Å². The Morgan fingerprint density at radius 1 is 0.925 bits per heavy atom. The summed E-state index contributed by atoms with van der Waals surface area (Å²) in [4.78, 5) is 42.5. The van der Waals surface area contributed by atoms with Crippen LogP contribution in [0.3, 0.4) is 0 Å². The molecule has 40 heavy (non-hydrogen) atoms. The summed E-state index contributed by atoms with van der Waals surface area (Å²) in [5.41, 5.74) is 4.64. The average Bonchev–Trinajstić information content (AvgIpc) is 3.28. The Balaban J connectivity index is 1.05. The maximum Gasteiger partial charge on any atom is 0.255 e. The van der Waals surface area contributed by atoms with Gasteiger partial charge in [-0.25, -0.2) is 0 Å². The van der Waals surface area contributed by atoms with E-state index in [-0.39, 0.29) is 30.2 Å². The van der Waals surface area contributed by atoms with Gasteiger partial charge in [0.05, 0.1) is 6.04 Å². The van der Waals surface area contributed by atoms with Crippen LogP contribution in [0.1, 0.15) is 58.8 Å². The van der Waals surface area contributed by atoms with E-state index in [9.17, 15) is 14.4 Å². The highest BCUT2D eigenvalue weighted by atomic mass is 32.2. The number of benzene rings is 3. The van der Waals surface area contributed by atoms with Crippen molar-refractivity contribution in [1.29, 1.82) is 0 Å². The summed E-state index contributed by atoms with van der Waals surface area (Å²) in [6.07, 6.45) is 3.21. The molecule has 204 valence electrons. The number of rotatable bonds is 7. The van der Waals surface area contributed by atoms with E-state index in [0.717, 1.165) is 30.3 Å². The SMILES string of the molecule is O=C1CCC(N2Cc3cc(SCC45CC(CN(C(c6ccccc6)c6ccccc6)C4)C5)ccc3C2=O)C(=O)N1. The van der Waals surface area contributed by atoms with E-state index in [1.54, 1.807) is 4.90 Å². The summed E-state index contributed by atoms with van der Waals surface area (Å²) >= 11 is 1.89. The molecule has 7 heteroatoms. The van der Waals surface area contributed by atoms with Crippen LogP contribution >= 0.6 is 11.8 Å². The second kappa shape index (κ2) is 10.2. The van der Waals surface area contributed by atoms with Crippen LogP contribution in [0.25, 0.3) is 0 Å². The molecular weight excluding hydrogens is 518 g/mol. The molecule has 5 aliphatic rings. The van der Waals surface area contributed by atoms with E-state index in [0.29, 0.717) is 23.9 Å². The van der Waals surface area contributed by atoms with E-state index >= 15 is 0 Å². The summed E-state index contributed by atoms with van der Waals surface area (Å²) in [6, 6.07) is 27.5. The predicted octanol–water partition coefficient (Wildman–Crippen LogP) is 5.04. The zero-order valence-electron chi connectivity index (χ0n) is 22.4. The standard InChI is InChI=1S/C33H33N3O3S/c37-29-14-13-28(31(38)34-29)36-19-25-15-26(11-12-27(25)32(36)39)40-21-33-16-22(17-33)18-35(20-33)30(23-7-3-1-4-8-23)24-9-5-2-6-10-24/h1-12,15,22,28,30H,13-14,16-21H2,(H,34,37,38). The highest BCUT2D eigenvalue weighted by Crippen LogP contribution is 2.54. The predicted molar refractivity (Wildman–Crippen MR) is 155 cm³/mol. The highest BCUT2D eigenvalue weighted by Gasteiger charge is 2.51. The maximum absolute atomic E-state index is 13.1. The average molecular weight is 552 g/mol. The Kier molecular flexibility index (Phi) is 6.51. The first-order valence-electron chi connectivity index (χ1n) is 14.2. The number of hydrogen-bond donors (Lipinski definition) is 1. The van der Waals surface area contributed by atoms with E-state index in [1.807, 2.05) is 17.8 Å². The van der Waals surface area contributed by atoms with Crippen LogP contribution in [0.2, 0.25) is 0 Å². The molecule has 0 radical (unpaired) electrons. The number of fused-ring (bicyclic) bond motifs is 3. The first-order chi connectivity index (χ1) is 19.5. The monoisotopic (exact) mass is 551 g/mol. The maximum atomic E-state index is 13.1. The Bertz CT molecular complexity index is 1410. The largest absolute Gasteiger partial charge is 0.322 e. The molecular formula is C33H33N3O3S. The first kappa shape index (κ1) is 25.5. The lowest BCUT2D eigenvalue weighted by Crippen LogP contribution is -2.58. The van der Waals surface area contributed by atoms with Crippen molar-refractivity contribution >= 4 is 29.5 Å². The van der Waals surface area contributed by atoms with Crippen LogP contribution in [0.15, 0.2) is 83.8 Å². The molecule has 3 aromatic rings. The number of thioether (sulfide) groups is 1. The van der Waals surface area contributed by atoms with Gasteiger partial charge in [0.25, 0.3) is 5.91 Å². The third kappa shape index (κ3) is 4.65. The molecule has 3 amide bonds. The molecule has 1 N–H and O–H groups in total. The Morgan fingerprint density at radius 2 is 1.62 bits per heavy atom. The van der Waals surface area contributed by atoms with Crippen LogP contribution in [0, 0.1) is 11.3 Å². The zero-order valence-corrected chi connectivity index (χ0v) is 23.2. The second-order valence-electron chi connectivity index (χ2n) is 11.9. The Morgan fingerprint density at radius 3 is 2.30 bits per heavy atom.